The third kappa shape index (κ3) is 4.25. The molecule has 1 aliphatic heterocycles. The van der Waals surface area contributed by atoms with Crippen LogP contribution in [-0.4, -0.2) is 63.7 Å². The molecule has 4 heterocycles. The van der Waals surface area contributed by atoms with Crippen LogP contribution in [0.3, 0.4) is 0 Å². The minimum absolute atomic E-state index is 0.0638. The Kier molecular flexibility index (Phi) is 5.98. The van der Waals surface area contributed by atoms with Gasteiger partial charge in [0.2, 0.25) is 0 Å². The summed E-state index contributed by atoms with van der Waals surface area (Å²) in [7, 11) is 1.41. The molecule has 35 heavy (non-hydrogen) atoms. The molecule has 0 aliphatic carbocycles. The fraction of sp³-hybridized carbons (Fsp3) is 0.308. The standard InChI is InChI=1S/C26H28N6O3/c1-18(2)32-23(33)10-9-21(27-32)24-22-17-20(29-13-15-30(16-14-29)26(34)35-3)11-12-31(22)28-25(24)19-7-5-4-6-8-19/h4-12,17-18H,13-16H2,1-3H3. The Balaban J connectivity index is 1.62. The van der Waals surface area contributed by atoms with Gasteiger partial charge < -0.3 is 14.5 Å². The van der Waals surface area contributed by atoms with Crippen LogP contribution in [0.15, 0.2) is 65.6 Å². The molecule has 1 saturated heterocycles. The minimum Gasteiger partial charge on any atom is -0.453 e. The molecule has 1 fully saturated rings. The van der Waals surface area contributed by atoms with E-state index in [9.17, 15) is 9.59 Å². The van der Waals surface area contributed by atoms with Crippen molar-refractivity contribution < 1.29 is 9.53 Å². The molecule has 0 spiro atoms. The second-order valence-corrected chi connectivity index (χ2v) is 8.84. The summed E-state index contributed by atoms with van der Waals surface area (Å²) in [5, 5.41) is 9.60. The number of fused-ring (bicyclic) bond motifs is 1. The van der Waals surface area contributed by atoms with Crippen LogP contribution < -0.4 is 10.5 Å². The molecular weight excluding hydrogens is 444 g/mol. The first kappa shape index (κ1) is 22.6. The number of ether oxygens (including phenoxy) is 1. The Labute approximate surface area is 203 Å². The molecule has 1 aliphatic rings. The number of aromatic nitrogens is 4. The molecular formula is C26H28N6O3. The maximum Gasteiger partial charge on any atom is 0.409 e. The Morgan fingerprint density at radius 2 is 1.71 bits per heavy atom. The van der Waals surface area contributed by atoms with E-state index < -0.39 is 0 Å². The van der Waals surface area contributed by atoms with Crippen molar-refractivity contribution in [3.05, 3.63) is 71.1 Å². The summed E-state index contributed by atoms with van der Waals surface area (Å²) in [6, 6.07) is 17.4. The van der Waals surface area contributed by atoms with E-state index in [1.807, 2.05) is 61.0 Å². The van der Waals surface area contributed by atoms with Crippen LogP contribution in [0, 0.1) is 0 Å². The third-order valence-electron chi connectivity index (χ3n) is 6.31. The third-order valence-corrected chi connectivity index (χ3v) is 6.31. The van der Waals surface area contributed by atoms with Gasteiger partial charge in [-0.25, -0.2) is 14.0 Å². The lowest BCUT2D eigenvalue weighted by atomic mass is 10.0. The molecule has 1 aromatic carbocycles. The average Bonchev–Trinajstić information content (AvgIpc) is 3.28. The minimum atomic E-state index is -0.294. The Bertz CT molecular complexity index is 1420. The second-order valence-electron chi connectivity index (χ2n) is 8.84. The van der Waals surface area contributed by atoms with Gasteiger partial charge in [-0.3, -0.25) is 4.79 Å². The number of hydrogen-bond donors (Lipinski definition) is 0. The van der Waals surface area contributed by atoms with Crippen molar-refractivity contribution in [2.75, 3.05) is 38.2 Å². The molecule has 0 N–H and O–H groups in total. The fourth-order valence-corrected chi connectivity index (χ4v) is 4.49. The van der Waals surface area contributed by atoms with Crippen LogP contribution in [-0.2, 0) is 4.74 Å². The molecule has 0 unspecified atom stereocenters. The van der Waals surface area contributed by atoms with Crippen LogP contribution in [0.2, 0.25) is 0 Å². The number of hydrogen-bond acceptors (Lipinski definition) is 6. The number of methoxy groups -OCH3 is 1. The van der Waals surface area contributed by atoms with E-state index in [1.165, 1.54) is 11.8 Å². The number of carbonyl (C=O) groups excluding carboxylic acids is 1. The van der Waals surface area contributed by atoms with E-state index in [2.05, 4.69) is 11.0 Å². The number of pyridine rings is 1. The zero-order valence-electron chi connectivity index (χ0n) is 20.1. The molecule has 9 heteroatoms. The molecule has 5 rings (SSSR count). The highest BCUT2D eigenvalue weighted by atomic mass is 16.5. The predicted molar refractivity (Wildman–Crippen MR) is 135 cm³/mol. The van der Waals surface area contributed by atoms with Gasteiger partial charge in [-0.05, 0) is 32.0 Å². The number of rotatable bonds is 4. The van der Waals surface area contributed by atoms with Gasteiger partial charge in [0.05, 0.1) is 29.9 Å². The average molecular weight is 473 g/mol. The van der Waals surface area contributed by atoms with Gasteiger partial charge in [-0.15, -0.1) is 0 Å². The molecule has 180 valence electrons. The monoisotopic (exact) mass is 472 g/mol. The molecule has 1 amide bonds. The zero-order chi connectivity index (χ0) is 24.5. The molecule has 0 atom stereocenters. The summed E-state index contributed by atoms with van der Waals surface area (Å²) in [5.41, 5.74) is 5.16. The Morgan fingerprint density at radius 3 is 2.40 bits per heavy atom. The normalized spacial score (nSPS) is 14.1. The largest absolute Gasteiger partial charge is 0.453 e. The fourth-order valence-electron chi connectivity index (χ4n) is 4.49. The van der Waals surface area contributed by atoms with Crippen molar-refractivity contribution in [2.24, 2.45) is 0 Å². The van der Waals surface area contributed by atoms with Crippen LogP contribution in [0.25, 0.3) is 28.0 Å². The molecule has 9 nitrogen and oxygen atoms in total. The van der Waals surface area contributed by atoms with Gasteiger partial charge in [0.1, 0.15) is 5.69 Å². The number of benzene rings is 1. The maximum atomic E-state index is 12.4. The van der Waals surface area contributed by atoms with Crippen LogP contribution in [0.1, 0.15) is 19.9 Å². The zero-order valence-corrected chi connectivity index (χ0v) is 20.1. The van der Waals surface area contributed by atoms with Crippen LogP contribution >= 0.6 is 0 Å². The van der Waals surface area contributed by atoms with Crippen LogP contribution in [0.5, 0.6) is 0 Å². The summed E-state index contributed by atoms with van der Waals surface area (Å²) >= 11 is 0. The smallest absolute Gasteiger partial charge is 0.409 e. The highest BCUT2D eigenvalue weighted by molar-refractivity contribution is 5.91. The molecule has 0 bridgehead atoms. The van der Waals surface area contributed by atoms with Crippen molar-refractivity contribution in [3.63, 3.8) is 0 Å². The van der Waals surface area contributed by atoms with Crippen molar-refractivity contribution in [1.82, 2.24) is 24.3 Å². The first-order chi connectivity index (χ1) is 17.0. The van der Waals surface area contributed by atoms with Gasteiger partial charge in [0.15, 0.2) is 0 Å². The van der Waals surface area contributed by atoms with E-state index >= 15 is 0 Å². The first-order valence-electron chi connectivity index (χ1n) is 11.7. The van der Waals surface area contributed by atoms with E-state index in [4.69, 9.17) is 14.9 Å². The molecule has 0 saturated carbocycles. The van der Waals surface area contributed by atoms with Crippen molar-refractivity contribution in [1.29, 1.82) is 0 Å². The lowest BCUT2D eigenvalue weighted by Crippen LogP contribution is -2.48. The van der Waals surface area contributed by atoms with Gasteiger partial charge in [-0.2, -0.15) is 10.2 Å². The highest BCUT2D eigenvalue weighted by Gasteiger charge is 2.24. The van der Waals surface area contributed by atoms with Crippen molar-refractivity contribution >= 4 is 17.3 Å². The predicted octanol–water partition coefficient (Wildman–Crippen LogP) is 3.69. The van der Waals surface area contributed by atoms with E-state index in [0.717, 1.165) is 28.0 Å². The number of piperazine rings is 1. The molecule has 0 radical (unpaired) electrons. The van der Waals surface area contributed by atoms with Crippen molar-refractivity contribution in [2.45, 2.75) is 19.9 Å². The number of anilines is 1. The van der Waals surface area contributed by atoms with Gasteiger partial charge in [0, 0.05) is 49.7 Å². The Hall–Kier alpha value is -4.14. The van der Waals surface area contributed by atoms with Crippen molar-refractivity contribution in [3.8, 4) is 22.5 Å². The first-order valence-corrected chi connectivity index (χ1v) is 11.7. The SMILES string of the molecule is COC(=O)N1CCN(c2ccn3nc(-c4ccccc4)c(-c4ccc(=O)n(C(C)C)n4)c3c2)CC1. The topological polar surface area (TPSA) is 85.0 Å². The van der Waals surface area contributed by atoms with Gasteiger partial charge >= 0.3 is 6.09 Å². The highest BCUT2D eigenvalue weighted by Crippen LogP contribution is 2.35. The number of amides is 1. The van der Waals surface area contributed by atoms with E-state index in [0.29, 0.717) is 31.9 Å². The lowest BCUT2D eigenvalue weighted by molar-refractivity contribution is 0.121. The maximum absolute atomic E-state index is 12.4. The summed E-state index contributed by atoms with van der Waals surface area (Å²) in [6.45, 7) is 6.49. The number of nitrogens with zero attached hydrogens (tertiary/aromatic N) is 6. The summed E-state index contributed by atoms with van der Waals surface area (Å²) in [5.74, 6) is 0. The second kappa shape index (κ2) is 9.25. The van der Waals surface area contributed by atoms with E-state index in [-0.39, 0.29) is 17.7 Å². The Morgan fingerprint density at radius 1 is 0.971 bits per heavy atom. The lowest BCUT2D eigenvalue weighted by Gasteiger charge is -2.35. The van der Waals surface area contributed by atoms with E-state index in [1.54, 1.807) is 17.0 Å². The van der Waals surface area contributed by atoms with Crippen LogP contribution in [0.4, 0.5) is 10.5 Å². The van der Waals surface area contributed by atoms with Gasteiger partial charge in [-0.1, -0.05) is 30.3 Å². The molecule has 3 aromatic heterocycles. The summed E-state index contributed by atoms with van der Waals surface area (Å²) in [4.78, 5) is 28.2. The van der Waals surface area contributed by atoms with Gasteiger partial charge in [0.25, 0.3) is 5.56 Å². The number of carbonyl (C=O) groups is 1. The quantitative estimate of drug-likeness (QED) is 0.450. The summed E-state index contributed by atoms with van der Waals surface area (Å²) in [6.07, 6.45) is 1.66. The molecule has 4 aromatic rings. The summed E-state index contributed by atoms with van der Waals surface area (Å²) < 4.78 is 8.22.